The van der Waals surface area contributed by atoms with E-state index in [9.17, 15) is 14.9 Å². The Bertz CT molecular complexity index is 686. The summed E-state index contributed by atoms with van der Waals surface area (Å²) in [7, 11) is 0. The summed E-state index contributed by atoms with van der Waals surface area (Å²) in [5.41, 5.74) is 0.618. The zero-order valence-corrected chi connectivity index (χ0v) is 16.5. The van der Waals surface area contributed by atoms with Crippen molar-refractivity contribution in [1.82, 2.24) is 4.90 Å². The summed E-state index contributed by atoms with van der Waals surface area (Å²) >= 11 is 0. The number of benzene rings is 1. The van der Waals surface area contributed by atoms with Crippen molar-refractivity contribution in [3.05, 3.63) is 41.6 Å². The summed E-state index contributed by atoms with van der Waals surface area (Å²) in [5.74, 6) is -1.02. The third kappa shape index (κ3) is 7.53. The van der Waals surface area contributed by atoms with E-state index in [1.54, 1.807) is 30.5 Å². The standard InChI is InChI=1S/C21H29N3O3/c1-4-7-14-27-21(26)18-10-8-9-11-19(18)23-20(25)17(15-22)16-24(12-5-2)13-6-3/h8-11,16H,4-7,12-14H2,1-3H3,(H,23,25)/b17-16-. The molecule has 27 heavy (non-hydrogen) atoms. The molecule has 0 atom stereocenters. The molecule has 146 valence electrons. The van der Waals surface area contributed by atoms with Crippen LogP contribution in [0.3, 0.4) is 0 Å². The van der Waals surface area contributed by atoms with Crippen LogP contribution in [0.25, 0.3) is 0 Å². The number of nitrogens with one attached hydrogen (secondary N) is 1. The molecule has 1 rings (SSSR count). The van der Waals surface area contributed by atoms with E-state index in [4.69, 9.17) is 4.74 Å². The zero-order chi connectivity index (χ0) is 20.1. The average molecular weight is 371 g/mol. The quantitative estimate of drug-likeness (QED) is 0.274. The fourth-order valence-corrected chi connectivity index (χ4v) is 2.48. The topological polar surface area (TPSA) is 82.4 Å². The largest absolute Gasteiger partial charge is 0.462 e. The Labute approximate surface area is 161 Å². The molecule has 0 saturated carbocycles. The highest BCUT2D eigenvalue weighted by molar-refractivity contribution is 6.09. The van der Waals surface area contributed by atoms with Crippen LogP contribution < -0.4 is 5.32 Å². The van der Waals surface area contributed by atoms with Crippen molar-refractivity contribution < 1.29 is 14.3 Å². The van der Waals surface area contributed by atoms with Crippen LogP contribution in [0.1, 0.15) is 56.8 Å². The van der Waals surface area contributed by atoms with E-state index in [0.717, 1.165) is 38.8 Å². The Morgan fingerprint density at radius 3 is 2.41 bits per heavy atom. The normalized spacial score (nSPS) is 10.8. The minimum atomic E-state index is -0.538. The molecule has 0 aliphatic carbocycles. The molecule has 6 heteroatoms. The molecule has 6 nitrogen and oxygen atoms in total. The second-order valence-electron chi connectivity index (χ2n) is 6.18. The van der Waals surface area contributed by atoms with Crippen molar-refractivity contribution in [2.24, 2.45) is 0 Å². The first-order valence-electron chi connectivity index (χ1n) is 9.50. The minimum Gasteiger partial charge on any atom is -0.462 e. The van der Waals surface area contributed by atoms with Gasteiger partial charge in [-0.05, 0) is 31.4 Å². The number of amides is 1. The molecule has 0 radical (unpaired) electrons. The number of hydrogen-bond acceptors (Lipinski definition) is 5. The summed E-state index contributed by atoms with van der Waals surface area (Å²) in [6, 6.07) is 8.60. The van der Waals surface area contributed by atoms with Gasteiger partial charge in [-0.2, -0.15) is 5.26 Å². The van der Waals surface area contributed by atoms with E-state index in [1.165, 1.54) is 0 Å². The molecule has 0 saturated heterocycles. The lowest BCUT2D eigenvalue weighted by molar-refractivity contribution is -0.112. The monoisotopic (exact) mass is 371 g/mol. The second-order valence-corrected chi connectivity index (χ2v) is 6.18. The van der Waals surface area contributed by atoms with E-state index in [-0.39, 0.29) is 11.1 Å². The van der Waals surface area contributed by atoms with Crippen LogP contribution in [0, 0.1) is 11.3 Å². The number of rotatable bonds is 11. The SMILES string of the molecule is CCCCOC(=O)c1ccccc1NC(=O)/C(C#N)=C\N(CCC)CCC. The Morgan fingerprint density at radius 2 is 1.81 bits per heavy atom. The first kappa shape index (κ1) is 22.2. The van der Waals surface area contributed by atoms with Crippen molar-refractivity contribution in [2.75, 3.05) is 25.0 Å². The van der Waals surface area contributed by atoms with Crippen molar-refractivity contribution in [3.63, 3.8) is 0 Å². The molecule has 0 aromatic heterocycles. The molecule has 1 aromatic carbocycles. The summed E-state index contributed by atoms with van der Waals surface area (Å²) in [6.07, 6.45) is 5.14. The van der Waals surface area contributed by atoms with Gasteiger partial charge < -0.3 is 15.0 Å². The Balaban J connectivity index is 2.94. The van der Waals surface area contributed by atoms with Gasteiger partial charge in [0, 0.05) is 19.3 Å². The van der Waals surface area contributed by atoms with Gasteiger partial charge in [0.2, 0.25) is 0 Å². The maximum Gasteiger partial charge on any atom is 0.340 e. The molecular weight excluding hydrogens is 342 g/mol. The molecule has 1 amide bonds. The second kappa shape index (κ2) is 12.5. The molecule has 1 N–H and O–H groups in total. The van der Waals surface area contributed by atoms with E-state index in [1.807, 2.05) is 31.7 Å². The van der Waals surface area contributed by atoms with Gasteiger partial charge in [-0.25, -0.2) is 4.79 Å². The molecule has 0 fully saturated rings. The van der Waals surface area contributed by atoms with Crippen LogP contribution >= 0.6 is 0 Å². The number of nitrogens with zero attached hydrogens (tertiary/aromatic N) is 2. The van der Waals surface area contributed by atoms with Crippen molar-refractivity contribution in [3.8, 4) is 6.07 Å². The lowest BCUT2D eigenvalue weighted by Gasteiger charge is -2.19. The number of nitriles is 1. The van der Waals surface area contributed by atoms with Crippen LogP contribution in [-0.4, -0.2) is 36.5 Å². The highest BCUT2D eigenvalue weighted by Gasteiger charge is 2.17. The molecule has 0 bridgehead atoms. The molecule has 0 aliphatic heterocycles. The highest BCUT2D eigenvalue weighted by Crippen LogP contribution is 2.17. The van der Waals surface area contributed by atoms with Gasteiger partial charge in [0.25, 0.3) is 5.91 Å². The number of unbranched alkanes of at least 4 members (excludes halogenated alkanes) is 1. The maximum absolute atomic E-state index is 12.5. The van der Waals surface area contributed by atoms with Crippen LogP contribution in [0.15, 0.2) is 36.0 Å². The lowest BCUT2D eigenvalue weighted by Crippen LogP contribution is -2.23. The molecule has 0 spiro atoms. The summed E-state index contributed by atoms with van der Waals surface area (Å²) < 4.78 is 5.23. The van der Waals surface area contributed by atoms with Crippen LogP contribution in [0.2, 0.25) is 0 Å². The lowest BCUT2D eigenvalue weighted by atomic mass is 10.1. The predicted molar refractivity (Wildman–Crippen MR) is 106 cm³/mol. The van der Waals surface area contributed by atoms with Crippen LogP contribution in [0.4, 0.5) is 5.69 Å². The molecule has 0 unspecified atom stereocenters. The predicted octanol–water partition coefficient (Wildman–Crippen LogP) is 4.11. The Morgan fingerprint density at radius 1 is 1.15 bits per heavy atom. The van der Waals surface area contributed by atoms with Gasteiger partial charge in [-0.1, -0.05) is 39.3 Å². The van der Waals surface area contributed by atoms with E-state index >= 15 is 0 Å². The average Bonchev–Trinajstić information content (AvgIpc) is 2.66. The van der Waals surface area contributed by atoms with Gasteiger partial charge in [-0.15, -0.1) is 0 Å². The Kier molecular flexibility index (Phi) is 10.3. The number of anilines is 1. The minimum absolute atomic E-state index is 0.00560. The van der Waals surface area contributed by atoms with Crippen molar-refractivity contribution in [2.45, 2.75) is 46.5 Å². The summed E-state index contributed by atoms with van der Waals surface area (Å²) in [4.78, 5) is 26.8. The van der Waals surface area contributed by atoms with Gasteiger partial charge in [0.1, 0.15) is 11.6 Å². The Hall–Kier alpha value is -2.81. The zero-order valence-electron chi connectivity index (χ0n) is 16.5. The van der Waals surface area contributed by atoms with E-state index in [0.29, 0.717) is 12.3 Å². The smallest absolute Gasteiger partial charge is 0.340 e. The number of carbonyl (C=O) groups is 2. The molecule has 1 aromatic rings. The molecule has 0 heterocycles. The first-order chi connectivity index (χ1) is 13.1. The third-order valence-corrected chi connectivity index (χ3v) is 3.82. The summed E-state index contributed by atoms with van der Waals surface area (Å²) in [5, 5.41) is 12.0. The number of ether oxygens (including phenoxy) is 1. The van der Waals surface area contributed by atoms with E-state index < -0.39 is 11.9 Å². The van der Waals surface area contributed by atoms with Gasteiger partial charge in [0.15, 0.2) is 0 Å². The van der Waals surface area contributed by atoms with Crippen molar-refractivity contribution in [1.29, 1.82) is 5.26 Å². The summed E-state index contributed by atoms with van der Waals surface area (Å²) in [6.45, 7) is 7.98. The number of hydrogen-bond donors (Lipinski definition) is 1. The van der Waals surface area contributed by atoms with Gasteiger partial charge in [-0.3, -0.25) is 4.79 Å². The third-order valence-electron chi connectivity index (χ3n) is 3.82. The number of para-hydroxylation sites is 1. The molecular formula is C21H29N3O3. The fraction of sp³-hybridized carbons (Fsp3) is 0.476. The van der Waals surface area contributed by atoms with Crippen molar-refractivity contribution >= 4 is 17.6 Å². The fourth-order valence-electron chi connectivity index (χ4n) is 2.48. The maximum atomic E-state index is 12.5. The number of esters is 1. The van der Waals surface area contributed by atoms with Gasteiger partial charge in [0.05, 0.1) is 17.9 Å². The number of carbonyl (C=O) groups excluding carboxylic acids is 2. The van der Waals surface area contributed by atoms with Gasteiger partial charge >= 0.3 is 5.97 Å². The first-order valence-corrected chi connectivity index (χ1v) is 9.50. The highest BCUT2D eigenvalue weighted by atomic mass is 16.5. The molecule has 0 aliphatic rings. The van der Waals surface area contributed by atoms with E-state index in [2.05, 4.69) is 5.32 Å². The van der Waals surface area contributed by atoms with Crippen LogP contribution in [-0.2, 0) is 9.53 Å². The van der Waals surface area contributed by atoms with Crippen LogP contribution in [0.5, 0.6) is 0 Å².